The largest absolute Gasteiger partial charge is 0.356 e. The van der Waals surface area contributed by atoms with Crippen LogP contribution in [-0.4, -0.2) is 16.0 Å². The normalized spacial score (nSPS) is 13.1. The molecule has 0 fully saturated rings. The van der Waals surface area contributed by atoms with Crippen LogP contribution in [0.25, 0.3) is 0 Å². The standard InChI is InChI=1S/C14H26O2/c1-4-7-8-9-10-13(5-2)11-12-14(15,16)6-3/h13,15-16H,4-10H2,1-3H3. The van der Waals surface area contributed by atoms with E-state index in [9.17, 15) is 10.2 Å². The summed E-state index contributed by atoms with van der Waals surface area (Å²) >= 11 is 0. The highest BCUT2D eigenvalue weighted by Gasteiger charge is 2.15. The van der Waals surface area contributed by atoms with Gasteiger partial charge in [0.2, 0.25) is 5.79 Å². The number of hydrogen-bond acceptors (Lipinski definition) is 2. The molecule has 2 nitrogen and oxygen atoms in total. The molecule has 0 spiro atoms. The van der Waals surface area contributed by atoms with E-state index in [0.29, 0.717) is 5.92 Å². The van der Waals surface area contributed by atoms with Gasteiger partial charge in [-0.3, -0.25) is 0 Å². The van der Waals surface area contributed by atoms with Gasteiger partial charge in [0.1, 0.15) is 0 Å². The average Bonchev–Trinajstić information content (AvgIpc) is 2.28. The van der Waals surface area contributed by atoms with Crippen molar-refractivity contribution in [2.24, 2.45) is 5.92 Å². The molecule has 0 rings (SSSR count). The Bertz CT molecular complexity index is 223. The molecule has 16 heavy (non-hydrogen) atoms. The lowest BCUT2D eigenvalue weighted by atomic mass is 9.98. The van der Waals surface area contributed by atoms with Crippen LogP contribution in [0.1, 0.15) is 65.7 Å². The van der Waals surface area contributed by atoms with E-state index in [1.807, 2.05) is 0 Å². The van der Waals surface area contributed by atoms with Gasteiger partial charge in [0, 0.05) is 12.3 Å². The molecule has 0 aromatic rings. The van der Waals surface area contributed by atoms with Crippen molar-refractivity contribution >= 4 is 0 Å². The highest BCUT2D eigenvalue weighted by molar-refractivity contribution is 5.10. The van der Waals surface area contributed by atoms with Crippen LogP contribution in [0.3, 0.4) is 0 Å². The topological polar surface area (TPSA) is 40.5 Å². The number of rotatable bonds is 7. The Kier molecular flexibility index (Phi) is 8.33. The van der Waals surface area contributed by atoms with Gasteiger partial charge in [0.15, 0.2) is 0 Å². The first-order valence-electron chi connectivity index (χ1n) is 6.53. The van der Waals surface area contributed by atoms with Gasteiger partial charge in [0.05, 0.1) is 0 Å². The highest BCUT2D eigenvalue weighted by atomic mass is 16.5. The van der Waals surface area contributed by atoms with E-state index in [0.717, 1.165) is 12.8 Å². The molecule has 0 aliphatic carbocycles. The van der Waals surface area contributed by atoms with Gasteiger partial charge in [-0.25, -0.2) is 0 Å². The summed E-state index contributed by atoms with van der Waals surface area (Å²) in [4.78, 5) is 0. The van der Waals surface area contributed by atoms with Crippen molar-refractivity contribution in [3.8, 4) is 11.8 Å². The van der Waals surface area contributed by atoms with E-state index in [1.165, 1.54) is 25.7 Å². The summed E-state index contributed by atoms with van der Waals surface area (Å²) in [5.74, 6) is 4.06. The van der Waals surface area contributed by atoms with E-state index in [2.05, 4.69) is 25.7 Å². The summed E-state index contributed by atoms with van der Waals surface area (Å²) in [6.45, 7) is 6.02. The Hall–Kier alpha value is -0.520. The SMILES string of the molecule is CCCCCCC(C#CC(O)(O)CC)CC. The Morgan fingerprint density at radius 1 is 1.06 bits per heavy atom. The highest BCUT2D eigenvalue weighted by Crippen LogP contribution is 2.14. The van der Waals surface area contributed by atoms with Gasteiger partial charge in [-0.1, -0.05) is 52.4 Å². The Morgan fingerprint density at radius 3 is 2.25 bits per heavy atom. The molecule has 0 saturated carbocycles. The second-order valence-electron chi connectivity index (χ2n) is 4.39. The third-order valence-electron chi connectivity index (χ3n) is 2.87. The lowest BCUT2D eigenvalue weighted by Gasteiger charge is -2.12. The van der Waals surface area contributed by atoms with Gasteiger partial charge in [-0.05, 0) is 18.8 Å². The van der Waals surface area contributed by atoms with Gasteiger partial charge in [-0.2, -0.15) is 0 Å². The van der Waals surface area contributed by atoms with Crippen LogP contribution < -0.4 is 0 Å². The summed E-state index contributed by atoms with van der Waals surface area (Å²) < 4.78 is 0. The molecule has 0 aliphatic rings. The summed E-state index contributed by atoms with van der Waals surface area (Å²) in [5.41, 5.74) is 0. The third kappa shape index (κ3) is 7.73. The van der Waals surface area contributed by atoms with E-state index < -0.39 is 5.79 Å². The van der Waals surface area contributed by atoms with Crippen molar-refractivity contribution in [1.29, 1.82) is 0 Å². The Labute approximate surface area is 100 Å². The van der Waals surface area contributed by atoms with Crippen molar-refractivity contribution in [2.45, 2.75) is 71.5 Å². The first-order valence-corrected chi connectivity index (χ1v) is 6.53. The molecule has 0 saturated heterocycles. The summed E-state index contributed by atoms with van der Waals surface area (Å²) in [7, 11) is 0. The maximum atomic E-state index is 9.36. The van der Waals surface area contributed by atoms with Crippen LogP contribution in [0, 0.1) is 17.8 Å². The van der Waals surface area contributed by atoms with Crippen LogP contribution in [-0.2, 0) is 0 Å². The van der Waals surface area contributed by atoms with Crippen LogP contribution in [0.5, 0.6) is 0 Å². The average molecular weight is 226 g/mol. The molecule has 1 atom stereocenters. The zero-order chi connectivity index (χ0) is 12.4. The molecule has 1 unspecified atom stereocenters. The molecule has 0 aromatic heterocycles. The van der Waals surface area contributed by atoms with Crippen LogP contribution in [0.15, 0.2) is 0 Å². The monoisotopic (exact) mass is 226 g/mol. The lowest BCUT2D eigenvalue weighted by molar-refractivity contribution is -0.110. The molecule has 0 bridgehead atoms. The van der Waals surface area contributed by atoms with Crippen molar-refractivity contribution in [3.05, 3.63) is 0 Å². The summed E-state index contributed by atoms with van der Waals surface area (Å²) in [6, 6.07) is 0. The molecule has 2 N–H and O–H groups in total. The fourth-order valence-electron chi connectivity index (χ4n) is 1.50. The van der Waals surface area contributed by atoms with Gasteiger partial charge in [-0.15, -0.1) is 0 Å². The minimum atomic E-state index is -1.79. The minimum absolute atomic E-state index is 0.256. The Morgan fingerprint density at radius 2 is 1.75 bits per heavy atom. The van der Waals surface area contributed by atoms with E-state index in [1.54, 1.807) is 6.92 Å². The number of unbranched alkanes of at least 4 members (excludes halogenated alkanes) is 3. The molecular formula is C14H26O2. The van der Waals surface area contributed by atoms with Gasteiger partial charge < -0.3 is 10.2 Å². The summed E-state index contributed by atoms with van der Waals surface area (Å²) in [6.07, 6.45) is 7.29. The van der Waals surface area contributed by atoms with Crippen LogP contribution in [0.2, 0.25) is 0 Å². The minimum Gasteiger partial charge on any atom is -0.356 e. The first kappa shape index (κ1) is 15.5. The van der Waals surface area contributed by atoms with E-state index >= 15 is 0 Å². The van der Waals surface area contributed by atoms with E-state index in [4.69, 9.17) is 0 Å². The second-order valence-corrected chi connectivity index (χ2v) is 4.39. The molecule has 2 heteroatoms. The van der Waals surface area contributed by atoms with Gasteiger partial charge in [0.25, 0.3) is 0 Å². The smallest absolute Gasteiger partial charge is 0.228 e. The predicted octanol–water partition coefficient (Wildman–Crippen LogP) is 3.08. The molecular weight excluding hydrogens is 200 g/mol. The lowest BCUT2D eigenvalue weighted by Crippen LogP contribution is -2.24. The fourth-order valence-corrected chi connectivity index (χ4v) is 1.50. The quantitative estimate of drug-likeness (QED) is 0.398. The Balaban J connectivity index is 3.99. The molecule has 0 radical (unpaired) electrons. The molecule has 94 valence electrons. The predicted molar refractivity (Wildman–Crippen MR) is 67.8 cm³/mol. The maximum Gasteiger partial charge on any atom is 0.228 e. The van der Waals surface area contributed by atoms with Crippen molar-refractivity contribution in [1.82, 2.24) is 0 Å². The first-order chi connectivity index (χ1) is 7.55. The zero-order valence-corrected chi connectivity index (χ0v) is 10.9. The third-order valence-corrected chi connectivity index (χ3v) is 2.87. The van der Waals surface area contributed by atoms with E-state index in [-0.39, 0.29) is 6.42 Å². The molecule has 0 aliphatic heterocycles. The second kappa shape index (κ2) is 8.61. The van der Waals surface area contributed by atoms with Crippen LogP contribution >= 0.6 is 0 Å². The van der Waals surface area contributed by atoms with Crippen molar-refractivity contribution < 1.29 is 10.2 Å². The fraction of sp³-hybridized carbons (Fsp3) is 0.857. The van der Waals surface area contributed by atoms with Crippen molar-refractivity contribution in [3.63, 3.8) is 0 Å². The number of hydrogen-bond donors (Lipinski definition) is 2. The summed E-state index contributed by atoms with van der Waals surface area (Å²) in [5, 5.41) is 18.7. The molecule has 0 aromatic carbocycles. The van der Waals surface area contributed by atoms with Crippen molar-refractivity contribution in [2.75, 3.05) is 0 Å². The van der Waals surface area contributed by atoms with Crippen LogP contribution in [0.4, 0.5) is 0 Å². The zero-order valence-electron chi connectivity index (χ0n) is 10.9. The number of aliphatic hydroxyl groups is 2. The van der Waals surface area contributed by atoms with Gasteiger partial charge >= 0.3 is 0 Å². The maximum absolute atomic E-state index is 9.36. The molecule has 0 amide bonds. The molecule has 0 heterocycles.